The number of carbonyl (C=O) groups is 2. The van der Waals surface area contributed by atoms with Crippen molar-refractivity contribution in [1.29, 1.82) is 0 Å². The number of hydrogen-bond donors (Lipinski definition) is 1. The lowest BCUT2D eigenvalue weighted by Crippen LogP contribution is -2.50. The largest absolute Gasteiger partial charge is 0.365 e. The maximum atomic E-state index is 12.1. The van der Waals surface area contributed by atoms with E-state index in [0.29, 0.717) is 19.5 Å². The fourth-order valence-corrected chi connectivity index (χ4v) is 2.79. The molecule has 0 spiro atoms. The zero-order chi connectivity index (χ0) is 17.6. The molecule has 0 bridgehead atoms. The van der Waals surface area contributed by atoms with Crippen LogP contribution in [0.25, 0.3) is 0 Å². The molecule has 130 valence electrons. The highest BCUT2D eigenvalue weighted by Gasteiger charge is 2.27. The zero-order valence-corrected chi connectivity index (χ0v) is 14.3. The van der Waals surface area contributed by atoms with E-state index in [1.165, 1.54) is 5.56 Å². The van der Waals surface area contributed by atoms with Gasteiger partial charge in [0.05, 0.1) is 19.1 Å². The summed E-state index contributed by atoms with van der Waals surface area (Å²) in [7, 11) is 0. The van der Waals surface area contributed by atoms with E-state index >= 15 is 0 Å². The minimum Gasteiger partial charge on any atom is -0.365 e. The molecule has 0 aliphatic carbocycles. The molecule has 0 aromatic heterocycles. The van der Waals surface area contributed by atoms with Crippen LogP contribution >= 0.6 is 0 Å². The zero-order valence-electron chi connectivity index (χ0n) is 14.3. The number of amides is 2. The van der Waals surface area contributed by atoms with Crippen LogP contribution in [0.3, 0.4) is 0 Å². The van der Waals surface area contributed by atoms with Crippen LogP contribution in [0.4, 0.5) is 5.69 Å². The minimum absolute atomic E-state index is 0.0351. The van der Waals surface area contributed by atoms with E-state index in [0.717, 1.165) is 11.3 Å². The number of hydrogen-bond acceptors (Lipinski definition) is 3. The van der Waals surface area contributed by atoms with Crippen LogP contribution in [0, 0.1) is 6.92 Å². The van der Waals surface area contributed by atoms with Gasteiger partial charge in [-0.1, -0.05) is 48.0 Å². The van der Waals surface area contributed by atoms with Crippen molar-refractivity contribution >= 4 is 17.5 Å². The quantitative estimate of drug-likeness (QED) is 0.908. The van der Waals surface area contributed by atoms with Crippen molar-refractivity contribution in [3.05, 3.63) is 65.7 Å². The fourth-order valence-electron chi connectivity index (χ4n) is 2.79. The van der Waals surface area contributed by atoms with Crippen LogP contribution in [0.2, 0.25) is 0 Å². The van der Waals surface area contributed by atoms with Crippen LogP contribution in [-0.2, 0) is 20.7 Å². The van der Waals surface area contributed by atoms with Crippen molar-refractivity contribution in [2.45, 2.75) is 19.4 Å². The summed E-state index contributed by atoms with van der Waals surface area (Å²) in [5, 5.41) is 2.90. The summed E-state index contributed by atoms with van der Waals surface area (Å²) in [6.45, 7) is 2.88. The lowest BCUT2D eigenvalue weighted by Gasteiger charge is -2.32. The maximum absolute atomic E-state index is 12.1. The number of para-hydroxylation sites is 1. The van der Waals surface area contributed by atoms with Gasteiger partial charge in [0.2, 0.25) is 5.91 Å². The summed E-state index contributed by atoms with van der Waals surface area (Å²) in [5.74, 6) is -0.107. The van der Waals surface area contributed by atoms with Gasteiger partial charge in [0.15, 0.2) is 0 Å². The Balaban J connectivity index is 1.52. The molecule has 2 aromatic carbocycles. The highest BCUT2D eigenvalue weighted by molar-refractivity contribution is 5.95. The van der Waals surface area contributed by atoms with Crippen molar-refractivity contribution in [3.8, 4) is 0 Å². The molecule has 5 heteroatoms. The number of aryl methyl sites for hydroxylation is 1. The van der Waals surface area contributed by atoms with Gasteiger partial charge in [0.25, 0.3) is 5.91 Å². The Bertz CT molecular complexity index is 728. The molecular formula is C20H22N2O3. The number of morpholine rings is 1. The normalized spacial score (nSPS) is 17.4. The molecule has 1 heterocycles. The maximum Gasteiger partial charge on any atom is 0.253 e. The first kappa shape index (κ1) is 17.2. The molecule has 2 amide bonds. The average Bonchev–Trinajstić information content (AvgIpc) is 2.64. The summed E-state index contributed by atoms with van der Waals surface area (Å²) >= 11 is 0. The monoisotopic (exact) mass is 338 g/mol. The van der Waals surface area contributed by atoms with E-state index in [1.807, 2.05) is 61.5 Å². The molecule has 25 heavy (non-hydrogen) atoms. The first-order valence-electron chi connectivity index (χ1n) is 8.41. The Morgan fingerprint density at radius 3 is 2.60 bits per heavy atom. The molecule has 1 aliphatic rings. The molecule has 0 radical (unpaired) electrons. The Morgan fingerprint density at radius 1 is 1.16 bits per heavy atom. The minimum atomic E-state index is -0.208. The molecule has 1 atom stereocenters. The highest BCUT2D eigenvalue weighted by atomic mass is 16.5. The molecular weight excluding hydrogens is 316 g/mol. The van der Waals surface area contributed by atoms with Crippen LogP contribution in [0.5, 0.6) is 0 Å². The number of anilines is 1. The summed E-state index contributed by atoms with van der Waals surface area (Å²) in [6.07, 6.45) is 0.133. The fraction of sp³-hybridized carbons (Fsp3) is 0.300. The lowest BCUT2D eigenvalue weighted by atomic mass is 10.1. The van der Waals surface area contributed by atoms with Crippen LogP contribution in [-0.4, -0.2) is 37.6 Å². The number of benzene rings is 2. The molecule has 1 N–H and O–H groups in total. The van der Waals surface area contributed by atoms with Gasteiger partial charge in [-0.05, 0) is 24.6 Å². The van der Waals surface area contributed by atoms with Crippen LogP contribution in [0.15, 0.2) is 54.6 Å². The Morgan fingerprint density at radius 2 is 1.88 bits per heavy atom. The van der Waals surface area contributed by atoms with Crippen molar-refractivity contribution in [2.75, 3.05) is 24.6 Å². The van der Waals surface area contributed by atoms with Crippen LogP contribution < -0.4 is 10.2 Å². The van der Waals surface area contributed by atoms with Gasteiger partial charge in [0.1, 0.15) is 6.61 Å². The first-order valence-corrected chi connectivity index (χ1v) is 8.41. The number of rotatable bonds is 5. The third kappa shape index (κ3) is 4.67. The predicted molar refractivity (Wildman–Crippen MR) is 96.4 cm³/mol. The first-order chi connectivity index (χ1) is 12.1. The van der Waals surface area contributed by atoms with Crippen molar-refractivity contribution < 1.29 is 14.3 Å². The number of ether oxygens (including phenoxy) is 1. The topological polar surface area (TPSA) is 58.6 Å². The van der Waals surface area contributed by atoms with Crippen molar-refractivity contribution in [3.63, 3.8) is 0 Å². The number of nitrogens with zero attached hydrogens (tertiary/aromatic N) is 1. The third-order valence-corrected chi connectivity index (χ3v) is 4.21. The van der Waals surface area contributed by atoms with E-state index in [2.05, 4.69) is 5.32 Å². The van der Waals surface area contributed by atoms with Crippen molar-refractivity contribution in [1.82, 2.24) is 5.32 Å². The summed E-state index contributed by atoms with van der Waals surface area (Å²) in [4.78, 5) is 25.9. The smallest absolute Gasteiger partial charge is 0.253 e. The Kier molecular flexibility index (Phi) is 5.46. The molecule has 2 aromatic rings. The second kappa shape index (κ2) is 7.94. The molecule has 1 saturated heterocycles. The van der Waals surface area contributed by atoms with Gasteiger partial charge in [-0.3, -0.25) is 9.59 Å². The van der Waals surface area contributed by atoms with E-state index in [1.54, 1.807) is 4.90 Å². The van der Waals surface area contributed by atoms with Gasteiger partial charge < -0.3 is 15.0 Å². The van der Waals surface area contributed by atoms with Gasteiger partial charge in [-0.15, -0.1) is 0 Å². The molecule has 0 saturated carbocycles. The summed E-state index contributed by atoms with van der Waals surface area (Å²) < 4.78 is 5.55. The highest BCUT2D eigenvalue weighted by Crippen LogP contribution is 2.17. The molecule has 3 rings (SSSR count). The SMILES string of the molecule is Cc1ccc(CC(=O)NCC2CN(c3ccccc3)C(=O)CO2)cc1. The van der Waals surface area contributed by atoms with Gasteiger partial charge in [-0.2, -0.15) is 0 Å². The second-order valence-electron chi connectivity index (χ2n) is 6.24. The van der Waals surface area contributed by atoms with Gasteiger partial charge >= 0.3 is 0 Å². The van der Waals surface area contributed by atoms with Crippen molar-refractivity contribution in [2.24, 2.45) is 0 Å². The van der Waals surface area contributed by atoms with Gasteiger partial charge in [-0.25, -0.2) is 0 Å². The summed E-state index contributed by atoms with van der Waals surface area (Å²) in [5.41, 5.74) is 3.01. The molecule has 1 aliphatic heterocycles. The van der Waals surface area contributed by atoms with E-state index < -0.39 is 0 Å². The Hall–Kier alpha value is -2.66. The summed E-state index contributed by atoms with van der Waals surface area (Å²) in [6, 6.07) is 17.4. The van der Waals surface area contributed by atoms with E-state index in [9.17, 15) is 9.59 Å². The standard InChI is InChI=1S/C20H22N2O3/c1-15-7-9-16(10-8-15)11-19(23)21-12-18-13-22(20(24)14-25-18)17-5-3-2-4-6-17/h2-10,18H,11-14H2,1H3,(H,21,23). The van der Waals surface area contributed by atoms with Gasteiger partial charge in [0, 0.05) is 12.2 Å². The Labute approximate surface area is 147 Å². The third-order valence-electron chi connectivity index (χ3n) is 4.21. The molecule has 5 nitrogen and oxygen atoms in total. The lowest BCUT2D eigenvalue weighted by molar-refractivity contribution is -0.129. The molecule has 1 unspecified atom stereocenters. The number of nitrogens with one attached hydrogen (secondary N) is 1. The average molecular weight is 338 g/mol. The van der Waals surface area contributed by atoms with E-state index in [4.69, 9.17) is 4.74 Å². The molecule has 1 fully saturated rings. The van der Waals surface area contributed by atoms with Crippen LogP contribution in [0.1, 0.15) is 11.1 Å². The number of carbonyl (C=O) groups excluding carboxylic acids is 2. The predicted octanol–water partition coefficient (Wildman–Crippen LogP) is 2.09. The second-order valence-corrected chi connectivity index (χ2v) is 6.24. The van der Waals surface area contributed by atoms with E-state index in [-0.39, 0.29) is 24.5 Å².